The molecule has 4 rings (SSSR count). The van der Waals surface area contributed by atoms with Gasteiger partial charge in [-0.15, -0.1) is 0 Å². The maximum atomic E-state index is 13.2. The normalized spacial score (nSPS) is 19.1. The number of sulfonamides is 1. The Labute approximate surface area is 186 Å². The van der Waals surface area contributed by atoms with E-state index in [9.17, 15) is 17.6 Å². The molecule has 0 bridgehead atoms. The van der Waals surface area contributed by atoms with Crippen LogP contribution in [0.1, 0.15) is 19.3 Å². The van der Waals surface area contributed by atoms with Crippen molar-refractivity contribution in [3.63, 3.8) is 0 Å². The molecule has 1 amide bonds. The smallest absolute Gasteiger partial charge is 0.243 e. The van der Waals surface area contributed by atoms with Gasteiger partial charge < -0.3 is 14.8 Å². The van der Waals surface area contributed by atoms with Crippen LogP contribution in [-0.2, 0) is 19.6 Å². The molecule has 1 aliphatic heterocycles. The Morgan fingerprint density at radius 2 is 1.91 bits per heavy atom. The average molecular weight is 461 g/mol. The molecular formula is C23H25FN2O5S. The van der Waals surface area contributed by atoms with Crippen molar-refractivity contribution < 1.29 is 27.1 Å². The van der Waals surface area contributed by atoms with Gasteiger partial charge >= 0.3 is 0 Å². The van der Waals surface area contributed by atoms with Gasteiger partial charge in [0.05, 0.1) is 23.8 Å². The Kier molecular flexibility index (Phi) is 6.88. The van der Waals surface area contributed by atoms with E-state index in [2.05, 4.69) is 11.4 Å². The third-order valence-electron chi connectivity index (χ3n) is 5.43. The molecule has 9 heteroatoms. The van der Waals surface area contributed by atoms with Gasteiger partial charge in [0.2, 0.25) is 15.9 Å². The first-order valence-electron chi connectivity index (χ1n) is 10.5. The van der Waals surface area contributed by atoms with E-state index < -0.39 is 15.8 Å². The number of halogens is 1. The van der Waals surface area contributed by atoms with Crippen LogP contribution in [0.2, 0.25) is 0 Å². The molecule has 2 aliphatic rings. The molecule has 1 fully saturated rings. The van der Waals surface area contributed by atoms with E-state index in [4.69, 9.17) is 9.47 Å². The quantitative estimate of drug-likeness (QED) is 0.633. The molecule has 1 heterocycles. The Balaban J connectivity index is 1.61. The lowest BCUT2D eigenvalue weighted by molar-refractivity contribution is -0.116. The highest BCUT2D eigenvalue weighted by molar-refractivity contribution is 7.89. The van der Waals surface area contributed by atoms with Gasteiger partial charge in [0.15, 0.2) is 5.75 Å². The summed E-state index contributed by atoms with van der Waals surface area (Å²) in [6.07, 6.45) is 6.24. The lowest BCUT2D eigenvalue weighted by Crippen LogP contribution is -2.40. The molecule has 0 aromatic heterocycles. The zero-order chi connectivity index (χ0) is 22.6. The van der Waals surface area contributed by atoms with E-state index in [0.29, 0.717) is 25.4 Å². The van der Waals surface area contributed by atoms with Gasteiger partial charge in [0, 0.05) is 19.5 Å². The third kappa shape index (κ3) is 5.35. The first-order chi connectivity index (χ1) is 15.4. The van der Waals surface area contributed by atoms with Crippen molar-refractivity contribution in [1.29, 1.82) is 0 Å². The second kappa shape index (κ2) is 9.81. The first kappa shape index (κ1) is 22.4. The average Bonchev–Trinajstić information content (AvgIpc) is 3.30. The number of hydrogen-bond acceptors (Lipinski definition) is 5. The highest BCUT2D eigenvalue weighted by Gasteiger charge is 2.27. The summed E-state index contributed by atoms with van der Waals surface area (Å²) in [5, 5.41) is 2.80. The number of carbonyl (C=O) groups excluding carboxylic acids is 1. The van der Waals surface area contributed by atoms with Crippen molar-refractivity contribution in [1.82, 2.24) is 4.31 Å². The summed E-state index contributed by atoms with van der Waals surface area (Å²) in [6, 6.07) is 9.80. The van der Waals surface area contributed by atoms with E-state index in [1.54, 1.807) is 0 Å². The second-order valence-corrected chi connectivity index (χ2v) is 9.69. The molecule has 1 aliphatic carbocycles. The zero-order valence-electron chi connectivity index (χ0n) is 17.5. The summed E-state index contributed by atoms with van der Waals surface area (Å²) >= 11 is 0. The maximum absolute atomic E-state index is 13.2. The lowest BCUT2D eigenvalue weighted by Gasteiger charge is -2.26. The summed E-state index contributed by atoms with van der Waals surface area (Å²) in [6.45, 7) is 1.21. The zero-order valence-corrected chi connectivity index (χ0v) is 18.3. The van der Waals surface area contributed by atoms with Crippen LogP contribution in [0.4, 0.5) is 10.1 Å². The Bertz CT molecular complexity index is 1100. The number of hydrogen-bond donors (Lipinski definition) is 1. The van der Waals surface area contributed by atoms with E-state index in [1.165, 1.54) is 46.8 Å². The number of amides is 1. The van der Waals surface area contributed by atoms with Gasteiger partial charge in [0.1, 0.15) is 11.6 Å². The molecule has 170 valence electrons. The highest BCUT2D eigenvalue weighted by Crippen LogP contribution is 2.33. The van der Waals surface area contributed by atoms with Crippen LogP contribution in [-0.4, -0.2) is 44.9 Å². The predicted molar refractivity (Wildman–Crippen MR) is 118 cm³/mol. The highest BCUT2D eigenvalue weighted by atomic mass is 32.2. The summed E-state index contributed by atoms with van der Waals surface area (Å²) in [4.78, 5) is 12.7. The largest absolute Gasteiger partial charge is 0.455 e. The molecule has 2 aromatic rings. The van der Waals surface area contributed by atoms with Crippen LogP contribution in [0, 0.1) is 11.7 Å². The molecule has 1 saturated heterocycles. The van der Waals surface area contributed by atoms with E-state index in [1.807, 2.05) is 6.08 Å². The van der Waals surface area contributed by atoms with Crippen molar-refractivity contribution in [2.45, 2.75) is 24.2 Å². The van der Waals surface area contributed by atoms with Crippen molar-refractivity contribution in [2.75, 3.05) is 31.6 Å². The molecule has 32 heavy (non-hydrogen) atoms. The molecular weight excluding hydrogens is 435 g/mol. The van der Waals surface area contributed by atoms with Crippen molar-refractivity contribution in [3.05, 3.63) is 60.4 Å². The number of anilines is 1. The Morgan fingerprint density at radius 3 is 2.59 bits per heavy atom. The number of benzene rings is 2. The monoisotopic (exact) mass is 460 g/mol. The summed E-state index contributed by atoms with van der Waals surface area (Å²) in [5.74, 6) is 0.169. The van der Waals surface area contributed by atoms with Crippen molar-refractivity contribution in [2.24, 2.45) is 5.92 Å². The van der Waals surface area contributed by atoms with Crippen LogP contribution < -0.4 is 10.1 Å². The van der Waals surface area contributed by atoms with Gasteiger partial charge in [-0.1, -0.05) is 12.2 Å². The van der Waals surface area contributed by atoms with E-state index in [0.717, 1.165) is 12.8 Å². The number of ether oxygens (including phenoxy) is 2. The van der Waals surface area contributed by atoms with E-state index in [-0.39, 0.29) is 41.2 Å². The molecule has 0 radical (unpaired) electrons. The first-order valence-corrected chi connectivity index (χ1v) is 12.0. The molecule has 1 atom stereocenters. The van der Waals surface area contributed by atoms with Gasteiger partial charge in [-0.05, 0) is 61.2 Å². The molecule has 0 unspecified atom stereocenters. The van der Waals surface area contributed by atoms with Gasteiger partial charge in [-0.25, -0.2) is 12.8 Å². The standard InChI is InChI=1S/C23H25FN2O5S/c24-18-5-7-19(8-6-18)31-22-10-9-20(32(28,29)26-11-13-30-14-12-26)16-21(22)25-23(27)15-17-3-1-2-4-17/h1,3,5-10,16-17H,2,4,11-15H2,(H,25,27)/t17-/m0/s1. The minimum absolute atomic E-state index is 0.0573. The fourth-order valence-electron chi connectivity index (χ4n) is 3.73. The summed E-state index contributed by atoms with van der Waals surface area (Å²) in [7, 11) is -3.75. The SMILES string of the molecule is O=C(C[C@H]1C=CCC1)Nc1cc(S(=O)(=O)N2CCOCC2)ccc1Oc1ccc(F)cc1. The van der Waals surface area contributed by atoms with Crippen LogP contribution in [0.3, 0.4) is 0 Å². The number of nitrogens with one attached hydrogen (secondary N) is 1. The summed E-state index contributed by atoms with van der Waals surface area (Å²) < 4.78 is 51.8. The topological polar surface area (TPSA) is 84.9 Å². The van der Waals surface area contributed by atoms with Crippen LogP contribution >= 0.6 is 0 Å². The molecule has 1 N–H and O–H groups in total. The van der Waals surface area contributed by atoms with Crippen LogP contribution in [0.5, 0.6) is 11.5 Å². The van der Waals surface area contributed by atoms with Crippen molar-refractivity contribution >= 4 is 21.6 Å². The van der Waals surface area contributed by atoms with Crippen molar-refractivity contribution in [3.8, 4) is 11.5 Å². The third-order valence-corrected chi connectivity index (χ3v) is 7.33. The number of allylic oxidation sites excluding steroid dienone is 2. The predicted octanol–water partition coefficient (Wildman–Crippen LogP) is 3.93. The van der Waals surface area contributed by atoms with Gasteiger partial charge in [-0.3, -0.25) is 4.79 Å². The van der Waals surface area contributed by atoms with Gasteiger partial charge in [-0.2, -0.15) is 4.31 Å². The Hall–Kier alpha value is -2.75. The number of carbonyl (C=O) groups is 1. The molecule has 0 spiro atoms. The Morgan fingerprint density at radius 1 is 1.16 bits per heavy atom. The van der Waals surface area contributed by atoms with Crippen LogP contribution in [0.25, 0.3) is 0 Å². The molecule has 0 saturated carbocycles. The maximum Gasteiger partial charge on any atom is 0.243 e. The van der Waals surface area contributed by atoms with Crippen LogP contribution in [0.15, 0.2) is 59.5 Å². The minimum atomic E-state index is -3.75. The van der Waals surface area contributed by atoms with Gasteiger partial charge in [0.25, 0.3) is 0 Å². The number of nitrogens with zero attached hydrogens (tertiary/aromatic N) is 1. The number of rotatable bonds is 7. The fraction of sp³-hybridized carbons (Fsp3) is 0.348. The second-order valence-electron chi connectivity index (χ2n) is 7.75. The summed E-state index contributed by atoms with van der Waals surface area (Å²) in [5.41, 5.74) is 0.246. The number of morpholine rings is 1. The fourth-order valence-corrected chi connectivity index (χ4v) is 5.16. The lowest BCUT2D eigenvalue weighted by atomic mass is 10.1. The van der Waals surface area contributed by atoms with E-state index >= 15 is 0 Å². The molecule has 7 nitrogen and oxygen atoms in total. The molecule has 2 aromatic carbocycles. The minimum Gasteiger partial charge on any atom is -0.455 e.